The van der Waals surface area contributed by atoms with E-state index in [1.54, 1.807) is 12.1 Å². The highest BCUT2D eigenvalue weighted by Gasteiger charge is 2.21. The molecule has 0 atom stereocenters. The van der Waals surface area contributed by atoms with E-state index in [2.05, 4.69) is 37.2 Å². The minimum atomic E-state index is -0.310. The molecule has 5 nitrogen and oxygen atoms in total. The van der Waals surface area contributed by atoms with Crippen molar-refractivity contribution in [2.75, 3.05) is 25.0 Å². The van der Waals surface area contributed by atoms with Crippen LogP contribution in [-0.4, -0.2) is 36.4 Å². The molecule has 0 bridgehead atoms. The molecule has 154 valence electrons. The Hall–Kier alpha value is -1.86. The Balaban J connectivity index is 1.67. The normalized spacial score (nSPS) is 14.2. The molecule has 0 spiro atoms. The first-order valence-electron chi connectivity index (χ1n) is 9.72. The number of hydrogen-bond donors (Lipinski definition) is 1. The van der Waals surface area contributed by atoms with Crippen LogP contribution < -0.4 is 10.1 Å². The number of nitrogens with one attached hydrogen (secondary N) is 1. The third-order valence-corrected chi connectivity index (χ3v) is 5.91. The van der Waals surface area contributed by atoms with Crippen LogP contribution >= 0.6 is 31.9 Å². The van der Waals surface area contributed by atoms with Crippen molar-refractivity contribution >= 4 is 49.4 Å². The predicted molar refractivity (Wildman–Crippen MR) is 122 cm³/mol. The summed E-state index contributed by atoms with van der Waals surface area (Å²) in [5, 5.41) is 2.83. The van der Waals surface area contributed by atoms with Crippen LogP contribution in [0.25, 0.3) is 0 Å². The van der Waals surface area contributed by atoms with Gasteiger partial charge in [0.1, 0.15) is 5.75 Å². The second-order valence-corrected chi connectivity index (χ2v) is 8.89. The Morgan fingerprint density at radius 2 is 1.76 bits per heavy atom. The van der Waals surface area contributed by atoms with Crippen LogP contribution in [0.4, 0.5) is 5.69 Å². The van der Waals surface area contributed by atoms with E-state index in [4.69, 9.17) is 4.74 Å². The number of amides is 2. The van der Waals surface area contributed by atoms with E-state index in [1.807, 2.05) is 36.1 Å². The Kier molecular flexibility index (Phi) is 7.72. The SMILES string of the molecule is Cc1cc(Br)cc(Br)c1OCC(=O)Nc1ccccc1C(=O)N1CCCCCC1. The van der Waals surface area contributed by atoms with Gasteiger partial charge < -0.3 is 15.0 Å². The monoisotopic (exact) mass is 522 g/mol. The maximum Gasteiger partial charge on any atom is 0.262 e. The first-order valence-corrected chi connectivity index (χ1v) is 11.3. The lowest BCUT2D eigenvalue weighted by atomic mass is 10.1. The van der Waals surface area contributed by atoms with Gasteiger partial charge in [-0.15, -0.1) is 0 Å². The highest BCUT2D eigenvalue weighted by Crippen LogP contribution is 2.32. The van der Waals surface area contributed by atoms with E-state index < -0.39 is 0 Å². The summed E-state index contributed by atoms with van der Waals surface area (Å²) in [6.45, 7) is 3.30. The van der Waals surface area contributed by atoms with Crippen LogP contribution in [0.1, 0.15) is 41.6 Å². The molecule has 2 amide bonds. The zero-order valence-corrected chi connectivity index (χ0v) is 19.5. The summed E-state index contributed by atoms with van der Waals surface area (Å²) in [5.74, 6) is 0.280. The van der Waals surface area contributed by atoms with E-state index in [0.717, 1.165) is 53.3 Å². The molecule has 29 heavy (non-hydrogen) atoms. The quantitative estimate of drug-likeness (QED) is 0.558. The van der Waals surface area contributed by atoms with Crippen molar-refractivity contribution in [2.24, 2.45) is 0 Å². The van der Waals surface area contributed by atoms with Gasteiger partial charge in [0, 0.05) is 17.6 Å². The van der Waals surface area contributed by atoms with Gasteiger partial charge in [-0.05, 0) is 65.5 Å². The minimum absolute atomic E-state index is 0.0322. The fourth-order valence-electron chi connectivity index (χ4n) is 3.42. The molecule has 3 rings (SSSR count). The van der Waals surface area contributed by atoms with Crippen molar-refractivity contribution in [3.63, 3.8) is 0 Å². The highest BCUT2D eigenvalue weighted by molar-refractivity contribution is 9.11. The number of carbonyl (C=O) groups is 2. The summed E-state index contributed by atoms with van der Waals surface area (Å²) in [5.41, 5.74) is 1.95. The lowest BCUT2D eigenvalue weighted by Gasteiger charge is -2.22. The van der Waals surface area contributed by atoms with Crippen molar-refractivity contribution < 1.29 is 14.3 Å². The fraction of sp³-hybridized carbons (Fsp3) is 0.364. The number of benzene rings is 2. The Labute approximate surface area is 188 Å². The molecule has 2 aromatic rings. The van der Waals surface area contributed by atoms with Crippen molar-refractivity contribution in [2.45, 2.75) is 32.6 Å². The van der Waals surface area contributed by atoms with Crippen molar-refractivity contribution in [3.05, 3.63) is 56.5 Å². The Bertz CT molecular complexity index is 870. The number of hydrogen-bond acceptors (Lipinski definition) is 3. The van der Waals surface area contributed by atoms with Gasteiger partial charge in [0.05, 0.1) is 15.7 Å². The molecule has 2 aromatic carbocycles. The molecule has 0 saturated carbocycles. The summed E-state index contributed by atoms with van der Waals surface area (Å²) >= 11 is 6.89. The minimum Gasteiger partial charge on any atom is -0.482 e. The van der Waals surface area contributed by atoms with Crippen LogP contribution in [-0.2, 0) is 4.79 Å². The van der Waals surface area contributed by atoms with Crippen molar-refractivity contribution in [1.82, 2.24) is 4.90 Å². The van der Waals surface area contributed by atoms with Gasteiger partial charge in [0.15, 0.2) is 6.61 Å². The van der Waals surface area contributed by atoms with Crippen LogP contribution in [0, 0.1) is 6.92 Å². The largest absolute Gasteiger partial charge is 0.482 e. The zero-order valence-electron chi connectivity index (χ0n) is 16.3. The standard InChI is InChI=1S/C22H24Br2N2O3/c1-15-12-16(23)13-18(24)21(15)29-14-20(27)25-19-9-5-4-8-17(19)22(28)26-10-6-2-3-7-11-26/h4-5,8-9,12-13H,2-3,6-7,10-11,14H2,1H3,(H,25,27). The lowest BCUT2D eigenvalue weighted by molar-refractivity contribution is -0.118. The molecule has 0 radical (unpaired) electrons. The molecule has 1 saturated heterocycles. The zero-order chi connectivity index (χ0) is 20.8. The number of carbonyl (C=O) groups excluding carboxylic acids is 2. The van der Waals surface area contributed by atoms with E-state index in [0.29, 0.717) is 17.0 Å². The molecular weight excluding hydrogens is 500 g/mol. The van der Waals surface area contributed by atoms with Gasteiger partial charge in [-0.1, -0.05) is 40.9 Å². The summed E-state index contributed by atoms with van der Waals surface area (Å²) in [6.07, 6.45) is 4.36. The number of halogens is 2. The fourth-order valence-corrected chi connectivity index (χ4v) is 4.97. The summed E-state index contributed by atoms with van der Waals surface area (Å²) in [4.78, 5) is 27.4. The number of aryl methyl sites for hydroxylation is 1. The Morgan fingerprint density at radius 1 is 1.07 bits per heavy atom. The summed E-state index contributed by atoms with van der Waals surface area (Å²) < 4.78 is 7.42. The van der Waals surface area contributed by atoms with Crippen LogP contribution in [0.15, 0.2) is 45.3 Å². The number of likely N-dealkylation sites (tertiary alicyclic amines) is 1. The third-order valence-electron chi connectivity index (χ3n) is 4.87. The van der Waals surface area contributed by atoms with Crippen LogP contribution in [0.3, 0.4) is 0 Å². The summed E-state index contributed by atoms with van der Waals surface area (Å²) in [6, 6.07) is 10.9. The van der Waals surface area contributed by atoms with Crippen molar-refractivity contribution in [3.8, 4) is 5.75 Å². The van der Waals surface area contributed by atoms with Crippen LogP contribution in [0.2, 0.25) is 0 Å². The molecule has 0 aromatic heterocycles. The molecule has 1 heterocycles. The molecule has 7 heteroatoms. The van der Waals surface area contributed by atoms with E-state index in [1.165, 1.54) is 0 Å². The van der Waals surface area contributed by atoms with Crippen LogP contribution in [0.5, 0.6) is 5.75 Å². The van der Waals surface area contributed by atoms with Gasteiger partial charge >= 0.3 is 0 Å². The number of para-hydroxylation sites is 1. The van der Waals surface area contributed by atoms with Gasteiger partial charge in [0.2, 0.25) is 0 Å². The second-order valence-electron chi connectivity index (χ2n) is 7.12. The predicted octanol–water partition coefficient (Wildman–Crippen LogP) is 5.55. The summed E-state index contributed by atoms with van der Waals surface area (Å²) in [7, 11) is 0. The molecule has 1 aliphatic rings. The van der Waals surface area contributed by atoms with Crippen molar-refractivity contribution in [1.29, 1.82) is 0 Å². The highest BCUT2D eigenvalue weighted by atomic mass is 79.9. The average molecular weight is 524 g/mol. The van der Waals surface area contributed by atoms with E-state index in [9.17, 15) is 9.59 Å². The smallest absolute Gasteiger partial charge is 0.262 e. The number of nitrogens with zero attached hydrogens (tertiary/aromatic N) is 1. The first kappa shape index (κ1) is 21.8. The second kappa shape index (κ2) is 10.3. The molecule has 0 aliphatic carbocycles. The molecule has 1 N–H and O–H groups in total. The molecule has 0 unspecified atom stereocenters. The van der Waals surface area contributed by atoms with Gasteiger partial charge in [-0.25, -0.2) is 0 Å². The third kappa shape index (κ3) is 5.82. The maximum atomic E-state index is 13.0. The lowest BCUT2D eigenvalue weighted by Crippen LogP contribution is -2.33. The number of rotatable bonds is 5. The van der Waals surface area contributed by atoms with E-state index >= 15 is 0 Å². The van der Waals surface area contributed by atoms with Gasteiger partial charge in [-0.2, -0.15) is 0 Å². The van der Waals surface area contributed by atoms with Gasteiger partial charge in [0.25, 0.3) is 11.8 Å². The molecular formula is C22H24Br2N2O3. The number of ether oxygens (including phenoxy) is 1. The number of anilines is 1. The van der Waals surface area contributed by atoms with E-state index in [-0.39, 0.29) is 18.4 Å². The first-order chi connectivity index (χ1) is 14.0. The maximum absolute atomic E-state index is 13.0. The molecule has 1 fully saturated rings. The molecule has 1 aliphatic heterocycles. The van der Waals surface area contributed by atoms with Gasteiger partial charge in [-0.3, -0.25) is 9.59 Å². The Morgan fingerprint density at radius 3 is 2.45 bits per heavy atom. The average Bonchev–Trinajstić information content (AvgIpc) is 2.96. The topological polar surface area (TPSA) is 58.6 Å².